The fourth-order valence-electron chi connectivity index (χ4n) is 1.20. The van der Waals surface area contributed by atoms with Gasteiger partial charge in [-0.25, -0.2) is 4.98 Å². The quantitative estimate of drug-likeness (QED) is 0.833. The van der Waals surface area contributed by atoms with E-state index in [-0.39, 0.29) is 5.75 Å². The number of carbonyl (C=O) groups is 1. The summed E-state index contributed by atoms with van der Waals surface area (Å²) in [6, 6.07) is 7.18. The summed E-state index contributed by atoms with van der Waals surface area (Å²) in [5.74, 6) is -0.392. The maximum Gasteiger partial charge on any atom is 0.313 e. The smallest absolute Gasteiger partial charge is 0.313 e. The zero-order chi connectivity index (χ0) is 12.3. The minimum absolute atomic E-state index is 0.0627. The van der Waals surface area contributed by atoms with Crippen molar-refractivity contribution in [3.8, 4) is 11.4 Å². The van der Waals surface area contributed by atoms with E-state index in [1.165, 1.54) is 0 Å². The van der Waals surface area contributed by atoms with Gasteiger partial charge in [-0.3, -0.25) is 9.89 Å². The van der Waals surface area contributed by atoms with Gasteiger partial charge in [-0.05, 0) is 12.1 Å². The highest BCUT2D eigenvalue weighted by atomic mass is 35.5. The Balaban J connectivity index is 2.15. The first-order chi connectivity index (χ1) is 8.15. The zero-order valence-corrected chi connectivity index (χ0v) is 10.1. The first-order valence-electron chi connectivity index (χ1n) is 4.68. The molecule has 0 fully saturated rings. The summed E-state index contributed by atoms with van der Waals surface area (Å²) >= 11 is 6.92. The number of H-pyrrole nitrogens is 1. The van der Waals surface area contributed by atoms with Crippen LogP contribution in [0.3, 0.4) is 0 Å². The molecule has 0 amide bonds. The molecule has 2 aromatic rings. The number of halogens is 1. The summed E-state index contributed by atoms with van der Waals surface area (Å²) in [6.07, 6.45) is 0. The lowest BCUT2D eigenvalue weighted by atomic mass is 10.2. The van der Waals surface area contributed by atoms with Gasteiger partial charge in [0.15, 0.2) is 5.82 Å². The average Bonchev–Trinajstić information content (AvgIpc) is 2.75. The highest BCUT2D eigenvalue weighted by Crippen LogP contribution is 2.21. The molecule has 1 heterocycles. The maximum atomic E-state index is 10.4. The molecule has 5 nitrogen and oxygen atoms in total. The van der Waals surface area contributed by atoms with Crippen LogP contribution in [-0.2, 0) is 4.79 Å². The van der Waals surface area contributed by atoms with Crippen molar-refractivity contribution in [1.82, 2.24) is 15.2 Å². The Labute approximate surface area is 106 Å². The molecule has 0 aliphatic heterocycles. The van der Waals surface area contributed by atoms with Crippen LogP contribution in [0, 0.1) is 0 Å². The molecule has 1 aromatic heterocycles. The van der Waals surface area contributed by atoms with Crippen LogP contribution in [0.2, 0.25) is 5.02 Å². The van der Waals surface area contributed by atoms with Crippen molar-refractivity contribution >= 4 is 29.3 Å². The summed E-state index contributed by atoms with van der Waals surface area (Å²) in [5, 5.41) is 16.2. The molecule has 0 spiro atoms. The molecule has 0 saturated carbocycles. The van der Waals surface area contributed by atoms with Crippen LogP contribution in [0.4, 0.5) is 0 Å². The number of aromatic amines is 1. The summed E-state index contributed by atoms with van der Waals surface area (Å²) in [5.41, 5.74) is 0.812. The largest absolute Gasteiger partial charge is 0.481 e. The van der Waals surface area contributed by atoms with Crippen LogP contribution < -0.4 is 0 Å². The number of aliphatic carboxylic acids is 1. The Morgan fingerprint density at radius 2 is 2.35 bits per heavy atom. The number of hydrogen-bond acceptors (Lipinski definition) is 4. The predicted octanol–water partition coefficient (Wildman–Crippen LogP) is 2.30. The highest BCUT2D eigenvalue weighted by molar-refractivity contribution is 7.99. The summed E-state index contributed by atoms with van der Waals surface area (Å²) < 4.78 is 0. The van der Waals surface area contributed by atoms with Crippen molar-refractivity contribution in [1.29, 1.82) is 0 Å². The van der Waals surface area contributed by atoms with Gasteiger partial charge in [0.1, 0.15) is 0 Å². The van der Waals surface area contributed by atoms with Gasteiger partial charge >= 0.3 is 5.97 Å². The third-order valence-electron chi connectivity index (χ3n) is 1.89. The molecule has 0 bridgehead atoms. The SMILES string of the molecule is O=C(O)CSc1n[nH]c(-c2cccc(Cl)c2)n1. The number of nitrogens with one attached hydrogen (secondary N) is 1. The van der Waals surface area contributed by atoms with Crippen molar-refractivity contribution in [3.63, 3.8) is 0 Å². The average molecular weight is 270 g/mol. The maximum absolute atomic E-state index is 10.4. The molecule has 7 heteroatoms. The van der Waals surface area contributed by atoms with Gasteiger partial charge in [0.25, 0.3) is 0 Å². The Bertz CT molecular complexity index is 544. The first-order valence-corrected chi connectivity index (χ1v) is 6.04. The third kappa shape index (κ3) is 3.21. The van der Waals surface area contributed by atoms with E-state index in [2.05, 4.69) is 15.2 Å². The van der Waals surface area contributed by atoms with Crippen LogP contribution in [0.15, 0.2) is 29.4 Å². The zero-order valence-electron chi connectivity index (χ0n) is 8.55. The van der Waals surface area contributed by atoms with E-state index in [4.69, 9.17) is 16.7 Å². The van der Waals surface area contributed by atoms with Crippen LogP contribution in [-0.4, -0.2) is 32.0 Å². The number of aromatic nitrogens is 3. The van der Waals surface area contributed by atoms with Gasteiger partial charge in [-0.15, -0.1) is 5.10 Å². The van der Waals surface area contributed by atoms with Crippen LogP contribution in [0.25, 0.3) is 11.4 Å². The van der Waals surface area contributed by atoms with Crippen molar-refractivity contribution < 1.29 is 9.90 Å². The molecule has 2 rings (SSSR count). The highest BCUT2D eigenvalue weighted by Gasteiger charge is 2.08. The minimum atomic E-state index is -0.899. The molecule has 0 unspecified atom stereocenters. The first kappa shape index (κ1) is 11.9. The fraction of sp³-hybridized carbons (Fsp3) is 0.100. The number of hydrogen-bond donors (Lipinski definition) is 2. The Morgan fingerprint density at radius 3 is 3.06 bits per heavy atom. The van der Waals surface area contributed by atoms with E-state index in [9.17, 15) is 4.79 Å². The summed E-state index contributed by atoms with van der Waals surface area (Å²) in [7, 11) is 0. The molecule has 17 heavy (non-hydrogen) atoms. The summed E-state index contributed by atoms with van der Waals surface area (Å²) in [6.45, 7) is 0. The topological polar surface area (TPSA) is 78.9 Å². The predicted molar refractivity (Wildman–Crippen MR) is 65.2 cm³/mol. The van der Waals surface area contributed by atoms with E-state index in [1.54, 1.807) is 12.1 Å². The molecule has 0 aliphatic carbocycles. The monoisotopic (exact) mass is 269 g/mol. The Hall–Kier alpha value is -1.53. The van der Waals surface area contributed by atoms with E-state index in [0.29, 0.717) is 16.0 Å². The second kappa shape index (κ2) is 5.20. The molecule has 0 radical (unpaired) electrons. The fourth-order valence-corrected chi connectivity index (χ4v) is 1.91. The molecular weight excluding hydrogens is 262 g/mol. The molecule has 0 saturated heterocycles. The molecule has 0 atom stereocenters. The third-order valence-corrected chi connectivity index (χ3v) is 2.95. The van der Waals surface area contributed by atoms with E-state index < -0.39 is 5.97 Å². The van der Waals surface area contributed by atoms with Gasteiger partial charge in [-0.1, -0.05) is 35.5 Å². The van der Waals surface area contributed by atoms with Crippen LogP contribution >= 0.6 is 23.4 Å². The molecule has 0 aliphatic rings. The Morgan fingerprint density at radius 1 is 1.53 bits per heavy atom. The molecular formula is C10H8ClN3O2S. The number of carboxylic acid groups (broad SMARTS) is 1. The number of thioether (sulfide) groups is 1. The van der Waals surface area contributed by atoms with Gasteiger partial charge in [0.05, 0.1) is 5.75 Å². The minimum Gasteiger partial charge on any atom is -0.481 e. The molecule has 2 N–H and O–H groups in total. The molecule has 88 valence electrons. The van der Waals surface area contributed by atoms with Crippen LogP contribution in [0.5, 0.6) is 0 Å². The van der Waals surface area contributed by atoms with Crippen molar-refractivity contribution in [2.24, 2.45) is 0 Å². The van der Waals surface area contributed by atoms with Gasteiger partial charge in [0, 0.05) is 10.6 Å². The number of carboxylic acids is 1. The van der Waals surface area contributed by atoms with E-state index in [1.807, 2.05) is 12.1 Å². The lowest BCUT2D eigenvalue weighted by Gasteiger charge is -1.95. The molecule has 1 aromatic carbocycles. The number of benzene rings is 1. The lowest BCUT2D eigenvalue weighted by molar-refractivity contribution is -0.133. The normalized spacial score (nSPS) is 10.4. The van der Waals surface area contributed by atoms with E-state index in [0.717, 1.165) is 17.3 Å². The lowest BCUT2D eigenvalue weighted by Crippen LogP contribution is -1.97. The summed E-state index contributed by atoms with van der Waals surface area (Å²) in [4.78, 5) is 14.6. The second-order valence-electron chi connectivity index (χ2n) is 3.16. The van der Waals surface area contributed by atoms with Gasteiger partial charge < -0.3 is 5.11 Å². The van der Waals surface area contributed by atoms with Gasteiger partial charge in [-0.2, -0.15) is 0 Å². The van der Waals surface area contributed by atoms with Crippen LogP contribution in [0.1, 0.15) is 0 Å². The number of rotatable bonds is 4. The number of nitrogens with zero attached hydrogens (tertiary/aromatic N) is 2. The second-order valence-corrected chi connectivity index (χ2v) is 4.54. The van der Waals surface area contributed by atoms with E-state index >= 15 is 0 Å². The Kier molecular flexibility index (Phi) is 3.65. The standard InChI is InChI=1S/C10H8ClN3O2S/c11-7-3-1-2-6(4-7)9-12-10(14-13-9)17-5-8(15)16/h1-4H,5H2,(H,15,16)(H,12,13,14). The van der Waals surface area contributed by atoms with Crippen molar-refractivity contribution in [3.05, 3.63) is 29.3 Å². The van der Waals surface area contributed by atoms with Gasteiger partial charge in [0.2, 0.25) is 5.16 Å². The van der Waals surface area contributed by atoms with Crippen molar-refractivity contribution in [2.75, 3.05) is 5.75 Å². The van der Waals surface area contributed by atoms with Crippen molar-refractivity contribution in [2.45, 2.75) is 5.16 Å².